The summed E-state index contributed by atoms with van der Waals surface area (Å²) in [5, 5.41) is 1.40. The summed E-state index contributed by atoms with van der Waals surface area (Å²) in [4.78, 5) is 5.13. The number of benzene rings is 1. The lowest BCUT2D eigenvalue weighted by molar-refractivity contribution is -0.941. The molecule has 2 atom stereocenters. The fourth-order valence-corrected chi connectivity index (χ4v) is 3.04. The number of quaternary nitrogens is 1. The van der Waals surface area contributed by atoms with Gasteiger partial charge in [-0.05, 0) is 32.3 Å². The summed E-state index contributed by atoms with van der Waals surface area (Å²) in [7, 11) is 0. The molecule has 0 saturated carbocycles. The third-order valence-electron chi connectivity index (χ3n) is 4.17. The third-order valence-corrected chi connectivity index (χ3v) is 4.17. The molecule has 17 heavy (non-hydrogen) atoms. The fraction of sp³-hybridized carbons (Fsp3) is 0.467. The van der Waals surface area contributed by atoms with E-state index in [2.05, 4.69) is 42.4 Å². The molecule has 0 amide bonds. The van der Waals surface area contributed by atoms with Gasteiger partial charge in [0.2, 0.25) is 0 Å². The Balaban J connectivity index is 1.84. The largest absolute Gasteiger partial charge is 0.361 e. The average molecular weight is 229 g/mol. The van der Waals surface area contributed by atoms with E-state index in [0.717, 1.165) is 6.04 Å². The van der Waals surface area contributed by atoms with Gasteiger partial charge < -0.3 is 9.88 Å². The molecule has 0 radical (unpaired) electrons. The van der Waals surface area contributed by atoms with Gasteiger partial charge in [-0.15, -0.1) is 0 Å². The Bertz CT molecular complexity index is 500. The predicted octanol–water partition coefficient (Wildman–Crippen LogP) is 2.13. The van der Waals surface area contributed by atoms with Crippen LogP contribution >= 0.6 is 0 Å². The number of rotatable bonds is 2. The molecule has 2 N–H and O–H groups in total. The van der Waals surface area contributed by atoms with Crippen LogP contribution in [0.25, 0.3) is 10.9 Å². The van der Waals surface area contributed by atoms with Crippen molar-refractivity contribution < 1.29 is 4.90 Å². The summed E-state index contributed by atoms with van der Waals surface area (Å²) in [6, 6.07) is 9.44. The van der Waals surface area contributed by atoms with Crippen LogP contribution < -0.4 is 4.90 Å². The lowest BCUT2D eigenvalue weighted by Crippen LogP contribution is -3.14. The maximum Gasteiger partial charge on any atom is 0.105 e. The van der Waals surface area contributed by atoms with Gasteiger partial charge in [-0.25, -0.2) is 0 Å². The topological polar surface area (TPSA) is 20.2 Å². The van der Waals surface area contributed by atoms with Crippen molar-refractivity contribution in [1.82, 2.24) is 4.98 Å². The molecule has 0 aliphatic carbocycles. The highest BCUT2D eigenvalue weighted by molar-refractivity contribution is 5.82. The van der Waals surface area contributed by atoms with Crippen molar-refractivity contribution in [3.63, 3.8) is 0 Å². The van der Waals surface area contributed by atoms with Gasteiger partial charge in [0.15, 0.2) is 0 Å². The molecule has 1 aliphatic rings. The number of fused-ring (bicyclic) bond motifs is 1. The van der Waals surface area contributed by atoms with E-state index in [1.54, 1.807) is 4.90 Å². The number of piperidine rings is 1. The van der Waals surface area contributed by atoms with E-state index in [0.29, 0.717) is 0 Å². The Hall–Kier alpha value is -1.28. The lowest BCUT2D eigenvalue weighted by Gasteiger charge is -2.30. The molecule has 1 aliphatic heterocycles. The summed E-state index contributed by atoms with van der Waals surface area (Å²) in [5.41, 5.74) is 2.75. The number of likely N-dealkylation sites (tertiary alicyclic amines) is 1. The monoisotopic (exact) mass is 229 g/mol. The van der Waals surface area contributed by atoms with E-state index >= 15 is 0 Å². The van der Waals surface area contributed by atoms with E-state index in [1.807, 2.05) is 0 Å². The minimum atomic E-state index is 0.817. The molecule has 0 spiro atoms. The molecule has 0 bridgehead atoms. The number of aromatic nitrogens is 1. The number of aromatic amines is 1. The van der Waals surface area contributed by atoms with Crippen LogP contribution in [-0.2, 0) is 6.54 Å². The van der Waals surface area contributed by atoms with Gasteiger partial charge in [-0.2, -0.15) is 0 Å². The first-order chi connectivity index (χ1) is 8.34. The van der Waals surface area contributed by atoms with E-state index in [-0.39, 0.29) is 0 Å². The lowest BCUT2D eigenvalue weighted by atomic mass is 10.0. The number of para-hydroxylation sites is 1. The standard InChI is InChI=1S/C15H20N2/c1-12-6-4-5-9-17(12)11-13-10-16-15-8-3-2-7-14(13)15/h2-3,7-8,10,12,16H,4-6,9,11H2,1H3/p+1/t12-/m0/s1. The molecule has 3 rings (SSSR count). The quantitative estimate of drug-likeness (QED) is 0.787. The summed E-state index contributed by atoms with van der Waals surface area (Å²) < 4.78 is 0. The molecular formula is C15H21N2+. The molecule has 2 heteroatoms. The molecule has 2 heterocycles. The SMILES string of the molecule is C[C@H]1CCCC[NH+]1Cc1c[nH]c2ccccc12. The molecule has 1 fully saturated rings. The zero-order valence-corrected chi connectivity index (χ0v) is 10.5. The highest BCUT2D eigenvalue weighted by Gasteiger charge is 2.22. The summed E-state index contributed by atoms with van der Waals surface area (Å²) in [5.74, 6) is 0. The van der Waals surface area contributed by atoms with Crippen molar-refractivity contribution in [3.8, 4) is 0 Å². The Morgan fingerprint density at radius 1 is 1.29 bits per heavy atom. The maximum absolute atomic E-state index is 3.38. The molecule has 90 valence electrons. The number of hydrogen-bond donors (Lipinski definition) is 2. The highest BCUT2D eigenvalue weighted by atomic mass is 15.2. The van der Waals surface area contributed by atoms with Crippen molar-refractivity contribution in [3.05, 3.63) is 36.0 Å². The second-order valence-corrected chi connectivity index (χ2v) is 5.34. The highest BCUT2D eigenvalue weighted by Crippen LogP contribution is 2.17. The van der Waals surface area contributed by atoms with Gasteiger partial charge >= 0.3 is 0 Å². The van der Waals surface area contributed by atoms with Gasteiger partial charge in [0.25, 0.3) is 0 Å². The normalized spacial score (nSPS) is 25.2. The van der Waals surface area contributed by atoms with Crippen molar-refractivity contribution in [2.45, 2.75) is 38.8 Å². The smallest absolute Gasteiger partial charge is 0.105 e. The minimum absolute atomic E-state index is 0.817. The first-order valence-electron chi connectivity index (χ1n) is 6.74. The van der Waals surface area contributed by atoms with Crippen molar-refractivity contribution in [2.75, 3.05) is 6.54 Å². The van der Waals surface area contributed by atoms with Crippen molar-refractivity contribution in [2.24, 2.45) is 0 Å². The zero-order chi connectivity index (χ0) is 11.7. The Morgan fingerprint density at radius 2 is 2.18 bits per heavy atom. The predicted molar refractivity (Wildman–Crippen MR) is 71.1 cm³/mol. The van der Waals surface area contributed by atoms with Crippen molar-refractivity contribution in [1.29, 1.82) is 0 Å². The molecule has 2 aromatic rings. The molecule has 2 nitrogen and oxygen atoms in total. The maximum atomic E-state index is 3.38. The van der Waals surface area contributed by atoms with Crippen LogP contribution in [0.5, 0.6) is 0 Å². The van der Waals surface area contributed by atoms with Crippen LogP contribution in [0.15, 0.2) is 30.5 Å². The van der Waals surface area contributed by atoms with E-state index < -0.39 is 0 Å². The second-order valence-electron chi connectivity index (χ2n) is 5.34. The molecule has 1 saturated heterocycles. The molecular weight excluding hydrogens is 208 g/mol. The fourth-order valence-electron chi connectivity index (χ4n) is 3.04. The van der Waals surface area contributed by atoms with Crippen LogP contribution in [-0.4, -0.2) is 17.6 Å². The number of H-pyrrole nitrogens is 1. The van der Waals surface area contributed by atoms with Gasteiger partial charge in [0.1, 0.15) is 6.54 Å². The summed E-state index contributed by atoms with van der Waals surface area (Å²) in [6.45, 7) is 4.90. The number of hydrogen-bond acceptors (Lipinski definition) is 0. The zero-order valence-electron chi connectivity index (χ0n) is 10.5. The van der Waals surface area contributed by atoms with Crippen LogP contribution in [0.3, 0.4) is 0 Å². The van der Waals surface area contributed by atoms with Gasteiger partial charge in [0.05, 0.1) is 12.6 Å². The first kappa shape index (κ1) is 10.8. The Kier molecular flexibility index (Phi) is 2.89. The van der Waals surface area contributed by atoms with Gasteiger partial charge in [-0.3, -0.25) is 0 Å². The molecule has 1 unspecified atom stereocenters. The van der Waals surface area contributed by atoms with Crippen LogP contribution in [0.2, 0.25) is 0 Å². The molecule has 1 aromatic carbocycles. The molecule has 1 aromatic heterocycles. The summed E-state index contributed by atoms with van der Waals surface area (Å²) >= 11 is 0. The van der Waals surface area contributed by atoms with E-state index in [1.165, 1.54) is 48.8 Å². The minimum Gasteiger partial charge on any atom is -0.361 e. The van der Waals surface area contributed by atoms with Crippen LogP contribution in [0.4, 0.5) is 0 Å². The van der Waals surface area contributed by atoms with Gasteiger partial charge in [0, 0.05) is 22.7 Å². The van der Waals surface area contributed by atoms with Gasteiger partial charge in [-0.1, -0.05) is 18.2 Å². The van der Waals surface area contributed by atoms with Crippen LogP contribution in [0, 0.1) is 0 Å². The summed E-state index contributed by atoms with van der Waals surface area (Å²) in [6.07, 6.45) is 6.39. The first-order valence-corrected chi connectivity index (χ1v) is 6.74. The third kappa shape index (κ3) is 2.09. The van der Waals surface area contributed by atoms with Crippen molar-refractivity contribution >= 4 is 10.9 Å². The van der Waals surface area contributed by atoms with Crippen LogP contribution in [0.1, 0.15) is 31.7 Å². The average Bonchev–Trinajstić information content (AvgIpc) is 2.76. The van der Waals surface area contributed by atoms with E-state index in [4.69, 9.17) is 0 Å². The second kappa shape index (κ2) is 4.53. The Morgan fingerprint density at radius 3 is 3.06 bits per heavy atom. The number of nitrogens with one attached hydrogen (secondary N) is 2. The Labute approximate surface area is 103 Å². The van der Waals surface area contributed by atoms with E-state index in [9.17, 15) is 0 Å².